The third-order valence-electron chi connectivity index (χ3n) is 2.49. The zero-order chi connectivity index (χ0) is 13.1. The summed E-state index contributed by atoms with van der Waals surface area (Å²) in [7, 11) is 0. The number of alkyl halides is 1. The molecule has 18 heavy (non-hydrogen) atoms. The van der Waals surface area contributed by atoms with Crippen LogP contribution in [-0.4, -0.2) is 4.92 Å². The van der Waals surface area contributed by atoms with E-state index in [2.05, 4.69) is 31.9 Å². The standard InChI is InChI=1S/C12H9Br2NO2S/c13-10-5-6-18-12(10)11(14)7-8-1-3-9(4-2-8)15(16)17/h1-6,11H,7H2. The zero-order valence-corrected chi connectivity index (χ0v) is 13.2. The summed E-state index contributed by atoms with van der Waals surface area (Å²) >= 11 is 8.83. The summed E-state index contributed by atoms with van der Waals surface area (Å²) in [6.45, 7) is 0. The second-order valence-electron chi connectivity index (χ2n) is 3.73. The van der Waals surface area contributed by atoms with Crippen LogP contribution < -0.4 is 0 Å². The summed E-state index contributed by atoms with van der Waals surface area (Å²) in [5, 5.41) is 12.6. The fourth-order valence-electron chi connectivity index (χ4n) is 1.58. The SMILES string of the molecule is O=[N+]([O-])c1ccc(CC(Br)c2sccc2Br)cc1. The van der Waals surface area contributed by atoms with Crippen molar-refractivity contribution in [3.05, 3.63) is 60.7 Å². The molecular formula is C12H9Br2NO2S. The molecule has 0 aliphatic carbocycles. The van der Waals surface area contributed by atoms with Crippen molar-refractivity contribution in [2.45, 2.75) is 11.2 Å². The van der Waals surface area contributed by atoms with Crippen molar-refractivity contribution in [3.8, 4) is 0 Å². The number of halogens is 2. The van der Waals surface area contributed by atoms with E-state index in [0.717, 1.165) is 16.5 Å². The zero-order valence-electron chi connectivity index (χ0n) is 9.18. The summed E-state index contributed by atoms with van der Waals surface area (Å²) in [4.78, 5) is 11.6. The molecule has 94 valence electrons. The predicted molar refractivity (Wildman–Crippen MR) is 80.5 cm³/mol. The second kappa shape index (κ2) is 5.95. The monoisotopic (exact) mass is 389 g/mol. The second-order valence-corrected chi connectivity index (χ2v) is 6.64. The van der Waals surface area contributed by atoms with E-state index in [1.165, 1.54) is 4.88 Å². The van der Waals surface area contributed by atoms with E-state index in [4.69, 9.17) is 0 Å². The molecule has 0 N–H and O–H groups in total. The van der Waals surface area contributed by atoms with Gasteiger partial charge in [0.15, 0.2) is 0 Å². The predicted octanol–water partition coefficient (Wildman–Crippen LogP) is 5.10. The molecule has 1 unspecified atom stereocenters. The van der Waals surface area contributed by atoms with E-state index < -0.39 is 0 Å². The van der Waals surface area contributed by atoms with Crippen molar-refractivity contribution in [3.63, 3.8) is 0 Å². The third-order valence-corrected chi connectivity index (χ3v) is 5.56. The number of thiophene rings is 1. The summed E-state index contributed by atoms with van der Waals surface area (Å²) in [6, 6.07) is 8.70. The van der Waals surface area contributed by atoms with Crippen LogP contribution in [0.3, 0.4) is 0 Å². The molecule has 1 aromatic heterocycles. The lowest BCUT2D eigenvalue weighted by Gasteiger charge is -2.08. The maximum absolute atomic E-state index is 10.6. The number of hydrogen-bond acceptors (Lipinski definition) is 3. The van der Waals surface area contributed by atoms with Crippen LogP contribution in [0.4, 0.5) is 5.69 Å². The first kappa shape index (κ1) is 13.7. The maximum atomic E-state index is 10.6. The largest absolute Gasteiger partial charge is 0.269 e. The number of nitro groups is 1. The number of hydrogen-bond donors (Lipinski definition) is 0. The van der Waals surface area contributed by atoms with Crippen LogP contribution in [-0.2, 0) is 6.42 Å². The smallest absolute Gasteiger partial charge is 0.258 e. The molecule has 0 saturated heterocycles. The minimum Gasteiger partial charge on any atom is -0.258 e. The topological polar surface area (TPSA) is 43.1 Å². The summed E-state index contributed by atoms with van der Waals surface area (Å²) in [6.07, 6.45) is 0.803. The van der Waals surface area contributed by atoms with Crippen LogP contribution in [0.25, 0.3) is 0 Å². The van der Waals surface area contributed by atoms with Crippen molar-refractivity contribution in [2.75, 3.05) is 0 Å². The van der Waals surface area contributed by atoms with E-state index in [-0.39, 0.29) is 15.4 Å². The molecule has 0 amide bonds. The van der Waals surface area contributed by atoms with E-state index in [1.807, 2.05) is 11.4 Å². The Kier molecular flexibility index (Phi) is 4.53. The van der Waals surface area contributed by atoms with Gasteiger partial charge in [-0.05, 0) is 39.4 Å². The number of benzene rings is 1. The van der Waals surface area contributed by atoms with Gasteiger partial charge in [0.05, 0.1) is 9.75 Å². The van der Waals surface area contributed by atoms with Crippen LogP contribution in [0.1, 0.15) is 15.3 Å². The molecule has 0 spiro atoms. The van der Waals surface area contributed by atoms with Gasteiger partial charge in [0.1, 0.15) is 0 Å². The third kappa shape index (κ3) is 3.18. The molecule has 2 aromatic rings. The fourth-order valence-corrected chi connectivity index (χ4v) is 4.46. The van der Waals surface area contributed by atoms with Gasteiger partial charge in [-0.25, -0.2) is 0 Å². The molecule has 3 nitrogen and oxygen atoms in total. The first-order valence-corrected chi connectivity index (χ1v) is 7.77. The molecule has 0 bridgehead atoms. The first-order chi connectivity index (χ1) is 8.58. The Morgan fingerprint density at radius 2 is 1.94 bits per heavy atom. The number of nitro benzene ring substituents is 1. The first-order valence-electron chi connectivity index (χ1n) is 5.18. The molecule has 2 rings (SSSR count). The van der Waals surface area contributed by atoms with Gasteiger partial charge < -0.3 is 0 Å². The Balaban J connectivity index is 2.10. The highest BCUT2D eigenvalue weighted by Gasteiger charge is 2.14. The van der Waals surface area contributed by atoms with E-state index >= 15 is 0 Å². The van der Waals surface area contributed by atoms with E-state index in [9.17, 15) is 10.1 Å². The molecule has 0 radical (unpaired) electrons. The fraction of sp³-hybridized carbons (Fsp3) is 0.167. The molecule has 0 aliphatic rings. The van der Waals surface area contributed by atoms with Crippen LogP contribution in [0.5, 0.6) is 0 Å². The molecular weight excluding hydrogens is 382 g/mol. The van der Waals surface area contributed by atoms with Crippen molar-refractivity contribution in [1.82, 2.24) is 0 Å². The molecule has 6 heteroatoms. The molecule has 1 heterocycles. The van der Waals surface area contributed by atoms with Crippen LogP contribution in [0.2, 0.25) is 0 Å². The quantitative estimate of drug-likeness (QED) is 0.414. The van der Waals surface area contributed by atoms with Gasteiger partial charge >= 0.3 is 0 Å². The summed E-state index contributed by atoms with van der Waals surface area (Å²) in [5.41, 5.74) is 1.20. The van der Waals surface area contributed by atoms with Crippen LogP contribution in [0, 0.1) is 10.1 Å². The van der Waals surface area contributed by atoms with Crippen molar-refractivity contribution >= 4 is 48.9 Å². The number of rotatable bonds is 4. The lowest BCUT2D eigenvalue weighted by Crippen LogP contribution is -1.94. The molecule has 1 atom stereocenters. The lowest BCUT2D eigenvalue weighted by molar-refractivity contribution is -0.384. The molecule has 0 saturated carbocycles. The average molecular weight is 391 g/mol. The summed E-state index contributed by atoms with van der Waals surface area (Å²) in [5.74, 6) is 0. The van der Waals surface area contributed by atoms with Gasteiger partial charge in [-0.2, -0.15) is 0 Å². The Morgan fingerprint density at radius 1 is 1.28 bits per heavy atom. The van der Waals surface area contributed by atoms with Gasteiger partial charge in [0, 0.05) is 21.5 Å². The van der Waals surface area contributed by atoms with E-state index in [1.54, 1.807) is 35.6 Å². The van der Waals surface area contributed by atoms with Gasteiger partial charge in [-0.1, -0.05) is 28.1 Å². The minimum absolute atomic E-state index is 0.127. The minimum atomic E-state index is -0.384. The lowest BCUT2D eigenvalue weighted by atomic mass is 10.1. The Labute approximate surface area is 125 Å². The molecule has 0 fully saturated rings. The molecule has 0 aliphatic heterocycles. The van der Waals surface area contributed by atoms with Crippen molar-refractivity contribution in [2.24, 2.45) is 0 Å². The Morgan fingerprint density at radius 3 is 2.44 bits per heavy atom. The molecule has 1 aromatic carbocycles. The Bertz CT molecular complexity index is 553. The average Bonchev–Trinajstić information content (AvgIpc) is 2.76. The number of nitrogens with zero attached hydrogens (tertiary/aromatic N) is 1. The number of non-ortho nitro benzene ring substituents is 1. The van der Waals surface area contributed by atoms with Gasteiger partial charge in [-0.15, -0.1) is 11.3 Å². The van der Waals surface area contributed by atoms with E-state index in [0.29, 0.717) is 0 Å². The van der Waals surface area contributed by atoms with Crippen molar-refractivity contribution < 1.29 is 4.92 Å². The Hall–Kier alpha value is -0.720. The summed E-state index contributed by atoms with van der Waals surface area (Å²) < 4.78 is 1.09. The normalized spacial score (nSPS) is 12.3. The van der Waals surface area contributed by atoms with Gasteiger partial charge in [0.2, 0.25) is 0 Å². The highest BCUT2D eigenvalue weighted by atomic mass is 79.9. The maximum Gasteiger partial charge on any atom is 0.269 e. The van der Waals surface area contributed by atoms with Crippen LogP contribution in [0.15, 0.2) is 40.2 Å². The van der Waals surface area contributed by atoms with Gasteiger partial charge in [-0.3, -0.25) is 10.1 Å². The highest BCUT2D eigenvalue weighted by molar-refractivity contribution is 9.11. The van der Waals surface area contributed by atoms with Crippen molar-refractivity contribution in [1.29, 1.82) is 0 Å². The van der Waals surface area contributed by atoms with Gasteiger partial charge in [0.25, 0.3) is 5.69 Å². The van der Waals surface area contributed by atoms with Crippen LogP contribution >= 0.6 is 43.2 Å². The highest BCUT2D eigenvalue weighted by Crippen LogP contribution is 2.36.